The number of hydrogen-bond acceptors (Lipinski definition) is 4. The molecule has 2 aromatic carbocycles. The number of benzene rings is 2. The van der Waals surface area contributed by atoms with Crippen LogP contribution in [-0.2, 0) is 16.1 Å². The van der Waals surface area contributed by atoms with E-state index in [0.29, 0.717) is 25.2 Å². The molecule has 0 aromatic heterocycles. The molecule has 1 heterocycles. The summed E-state index contributed by atoms with van der Waals surface area (Å²) in [7, 11) is 0. The zero-order chi connectivity index (χ0) is 24.0. The maximum atomic E-state index is 12.6. The van der Waals surface area contributed by atoms with Gasteiger partial charge in [0.25, 0.3) is 0 Å². The summed E-state index contributed by atoms with van der Waals surface area (Å²) in [5, 5.41) is 15.4. The summed E-state index contributed by atoms with van der Waals surface area (Å²) in [4.78, 5) is 38.4. The van der Waals surface area contributed by atoms with Crippen molar-refractivity contribution in [3.05, 3.63) is 65.7 Å². The van der Waals surface area contributed by atoms with E-state index in [1.165, 1.54) is 0 Å². The average Bonchev–Trinajstić information content (AvgIpc) is 2.77. The first kappa shape index (κ1) is 24.1. The van der Waals surface area contributed by atoms with Gasteiger partial charge in [0.1, 0.15) is 5.60 Å². The van der Waals surface area contributed by atoms with Crippen molar-refractivity contribution in [1.82, 2.24) is 10.2 Å². The standard InChI is InChI=1S/C25H31N3O5/c1-25(2,3)33-24(32)28-13-12-20(22(29)30)21(16-28)18-10-7-11-19(14-18)27-23(31)26-15-17-8-5-4-6-9-17/h4-11,14,20-21H,12-13,15-16H2,1-3H3,(H,29,30)(H2,26,27,31)/t20-,21+/m1/s1. The van der Waals surface area contributed by atoms with Crippen LogP contribution in [0.2, 0.25) is 0 Å². The van der Waals surface area contributed by atoms with Crippen LogP contribution in [0.5, 0.6) is 0 Å². The molecule has 0 unspecified atom stereocenters. The highest BCUT2D eigenvalue weighted by Crippen LogP contribution is 2.34. The third kappa shape index (κ3) is 6.97. The molecule has 0 aliphatic carbocycles. The van der Waals surface area contributed by atoms with Crippen LogP contribution in [-0.4, -0.2) is 46.8 Å². The molecule has 8 nitrogen and oxygen atoms in total. The van der Waals surface area contributed by atoms with E-state index in [2.05, 4.69) is 10.6 Å². The Bertz CT molecular complexity index is 987. The van der Waals surface area contributed by atoms with Gasteiger partial charge in [0.05, 0.1) is 5.92 Å². The van der Waals surface area contributed by atoms with Crippen molar-refractivity contribution in [2.45, 2.75) is 45.3 Å². The minimum absolute atomic E-state index is 0.232. The number of carboxylic acid groups (broad SMARTS) is 1. The fourth-order valence-electron chi connectivity index (χ4n) is 3.88. The molecule has 3 N–H and O–H groups in total. The van der Waals surface area contributed by atoms with Crippen LogP contribution < -0.4 is 10.6 Å². The molecule has 1 aliphatic heterocycles. The van der Waals surface area contributed by atoms with Crippen LogP contribution in [0, 0.1) is 5.92 Å². The number of ether oxygens (including phenoxy) is 1. The molecule has 0 radical (unpaired) electrons. The van der Waals surface area contributed by atoms with Crippen molar-refractivity contribution in [1.29, 1.82) is 0 Å². The lowest BCUT2D eigenvalue weighted by Gasteiger charge is -2.37. The fraction of sp³-hybridized carbons (Fsp3) is 0.400. The number of amides is 3. The van der Waals surface area contributed by atoms with Gasteiger partial charge in [-0.2, -0.15) is 0 Å². The molecule has 1 fully saturated rings. The maximum absolute atomic E-state index is 12.6. The van der Waals surface area contributed by atoms with Crippen molar-refractivity contribution in [3.63, 3.8) is 0 Å². The highest BCUT2D eigenvalue weighted by molar-refractivity contribution is 5.89. The molecule has 3 rings (SSSR count). The maximum Gasteiger partial charge on any atom is 0.410 e. The van der Waals surface area contributed by atoms with E-state index in [1.54, 1.807) is 43.9 Å². The Balaban J connectivity index is 1.70. The minimum Gasteiger partial charge on any atom is -0.481 e. The molecular formula is C25H31N3O5. The number of carbonyl (C=O) groups excluding carboxylic acids is 2. The third-order valence-corrected chi connectivity index (χ3v) is 5.45. The van der Waals surface area contributed by atoms with Crippen LogP contribution in [0.15, 0.2) is 54.6 Å². The van der Waals surface area contributed by atoms with E-state index < -0.39 is 29.5 Å². The van der Waals surface area contributed by atoms with Crippen molar-refractivity contribution >= 4 is 23.8 Å². The smallest absolute Gasteiger partial charge is 0.410 e. The van der Waals surface area contributed by atoms with Gasteiger partial charge >= 0.3 is 18.1 Å². The lowest BCUT2D eigenvalue weighted by atomic mass is 9.80. The number of aliphatic carboxylic acids is 1. The first-order valence-electron chi connectivity index (χ1n) is 11.0. The number of urea groups is 1. The number of piperidine rings is 1. The average molecular weight is 454 g/mol. The Kier molecular flexibility index (Phi) is 7.58. The summed E-state index contributed by atoms with van der Waals surface area (Å²) < 4.78 is 5.47. The van der Waals surface area contributed by atoms with Crippen molar-refractivity contribution in [3.8, 4) is 0 Å². The van der Waals surface area contributed by atoms with E-state index in [0.717, 1.165) is 11.1 Å². The Hall–Kier alpha value is -3.55. The van der Waals surface area contributed by atoms with Crippen molar-refractivity contribution in [2.24, 2.45) is 5.92 Å². The number of rotatable bonds is 5. The number of likely N-dealkylation sites (tertiary alicyclic amines) is 1. The van der Waals surface area contributed by atoms with Crippen LogP contribution in [0.25, 0.3) is 0 Å². The molecule has 2 aromatic rings. The van der Waals surface area contributed by atoms with Gasteiger partial charge in [0, 0.05) is 31.2 Å². The monoisotopic (exact) mass is 453 g/mol. The molecule has 3 amide bonds. The number of nitrogens with zero attached hydrogens (tertiary/aromatic N) is 1. The Morgan fingerprint density at radius 1 is 1.09 bits per heavy atom. The van der Waals surface area contributed by atoms with Gasteiger partial charge in [-0.05, 0) is 50.5 Å². The summed E-state index contributed by atoms with van der Waals surface area (Å²) in [6, 6.07) is 16.3. The van der Waals surface area contributed by atoms with E-state index in [9.17, 15) is 19.5 Å². The SMILES string of the molecule is CC(C)(C)OC(=O)N1CC[C@@H](C(=O)O)[C@H](c2cccc(NC(=O)NCc3ccccc3)c2)C1. The van der Waals surface area contributed by atoms with Gasteiger partial charge in [0.15, 0.2) is 0 Å². The molecule has 1 aliphatic rings. The molecule has 33 heavy (non-hydrogen) atoms. The highest BCUT2D eigenvalue weighted by Gasteiger charge is 2.38. The second-order valence-electron chi connectivity index (χ2n) is 9.18. The second-order valence-corrected chi connectivity index (χ2v) is 9.18. The van der Waals surface area contributed by atoms with Gasteiger partial charge in [-0.3, -0.25) is 4.79 Å². The van der Waals surface area contributed by atoms with Crippen LogP contribution in [0.1, 0.15) is 44.2 Å². The summed E-state index contributed by atoms with van der Waals surface area (Å²) in [5.41, 5.74) is 1.65. The highest BCUT2D eigenvalue weighted by atomic mass is 16.6. The van der Waals surface area contributed by atoms with E-state index in [1.807, 2.05) is 36.4 Å². The quantitative estimate of drug-likeness (QED) is 0.621. The molecule has 1 saturated heterocycles. The first-order chi connectivity index (χ1) is 15.6. The van der Waals surface area contributed by atoms with Gasteiger partial charge in [-0.1, -0.05) is 42.5 Å². The van der Waals surface area contributed by atoms with Crippen LogP contribution in [0.3, 0.4) is 0 Å². The van der Waals surface area contributed by atoms with E-state index >= 15 is 0 Å². The second kappa shape index (κ2) is 10.4. The summed E-state index contributed by atoms with van der Waals surface area (Å²) in [6.45, 7) is 6.33. The predicted octanol–water partition coefficient (Wildman–Crippen LogP) is 4.43. The zero-order valence-corrected chi connectivity index (χ0v) is 19.2. The lowest BCUT2D eigenvalue weighted by molar-refractivity contribution is -0.144. The molecule has 0 spiro atoms. The topological polar surface area (TPSA) is 108 Å². The number of carboxylic acids is 1. The molecule has 176 valence electrons. The van der Waals surface area contributed by atoms with Gasteiger partial charge in [-0.15, -0.1) is 0 Å². The van der Waals surface area contributed by atoms with E-state index in [4.69, 9.17) is 4.74 Å². The number of anilines is 1. The number of nitrogens with one attached hydrogen (secondary N) is 2. The number of hydrogen-bond donors (Lipinski definition) is 3. The van der Waals surface area contributed by atoms with Crippen molar-refractivity contribution in [2.75, 3.05) is 18.4 Å². The Morgan fingerprint density at radius 3 is 2.48 bits per heavy atom. The van der Waals surface area contributed by atoms with Gasteiger partial charge in [-0.25, -0.2) is 9.59 Å². The first-order valence-corrected chi connectivity index (χ1v) is 11.0. The van der Waals surface area contributed by atoms with Crippen LogP contribution in [0.4, 0.5) is 15.3 Å². The molecular weight excluding hydrogens is 422 g/mol. The Morgan fingerprint density at radius 2 is 1.82 bits per heavy atom. The predicted molar refractivity (Wildman–Crippen MR) is 125 cm³/mol. The largest absolute Gasteiger partial charge is 0.481 e. The Labute approximate surface area is 193 Å². The lowest BCUT2D eigenvalue weighted by Crippen LogP contribution is -2.46. The summed E-state index contributed by atoms with van der Waals surface area (Å²) >= 11 is 0. The third-order valence-electron chi connectivity index (χ3n) is 5.45. The minimum atomic E-state index is -0.900. The summed E-state index contributed by atoms with van der Waals surface area (Å²) in [6.07, 6.45) is -0.125. The molecule has 2 atom stereocenters. The zero-order valence-electron chi connectivity index (χ0n) is 19.2. The normalized spacial score (nSPS) is 18.3. The van der Waals surface area contributed by atoms with Gasteiger partial charge in [0.2, 0.25) is 0 Å². The molecule has 8 heteroatoms. The summed E-state index contributed by atoms with van der Waals surface area (Å²) in [5.74, 6) is -1.95. The van der Waals surface area contributed by atoms with Gasteiger partial charge < -0.3 is 25.4 Å². The molecule has 0 saturated carbocycles. The van der Waals surface area contributed by atoms with Crippen molar-refractivity contribution < 1.29 is 24.2 Å². The van der Waals surface area contributed by atoms with Crippen LogP contribution >= 0.6 is 0 Å². The number of carbonyl (C=O) groups is 3. The fourth-order valence-corrected chi connectivity index (χ4v) is 3.88. The molecule has 0 bridgehead atoms. The van der Waals surface area contributed by atoms with E-state index in [-0.39, 0.29) is 12.6 Å².